The largest absolute Gasteiger partial charge is 0.383 e. The fraction of sp³-hybridized carbons (Fsp3) is 0.429. The molecule has 0 aliphatic carbocycles. The van der Waals surface area contributed by atoms with E-state index in [-0.39, 0.29) is 0 Å². The minimum Gasteiger partial charge on any atom is -0.383 e. The first-order valence-electron chi connectivity index (χ1n) is 5.87. The highest BCUT2D eigenvalue weighted by Gasteiger charge is 1.93. The zero-order valence-electron chi connectivity index (χ0n) is 10.9. The highest BCUT2D eigenvalue weighted by molar-refractivity contribution is 5.55. The summed E-state index contributed by atoms with van der Waals surface area (Å²) in [5.41, 5.74) is 2.45. The zero-order chi connectivity index (χ0) is 12.5. The normalized spacial score (nSPS) is 11.0. The summed E-state index contributed by atoms with van der Waals surface area (Å²) in [7, 11) is 5.80. The van der Waals surface area contributed by atoms with E-state index in [1.54, 1.807) is 7.11 Å². The Hall–Kier alpha value is -1.32. The molecule has 0 spiro atoms. The van der Waals surface area contributed by atoms with Crippen LogP contribution >= 0.6 is 0 Å². The molecule has 0 heterocycles. The Bertz CT molecular complexity index is 331. The van der Waals surface area contributed by atoms with Gasteiger partial charge in [0, 0.05) is 40.0 Å². The van der Waals surface area contributed by atoms with Gasteiger partial charge in [-0.05, 0) is 17.7 Å². The van der Waals surface area contributed by atoms with Crippen LogP contribution in [-0.4, -0.2) is 40.9 Å². The molecule has 0 radical (unpaired) electrons. The van der Waals surface area contributed by atoms with E-state index in [1.165, 1.54) is 11.3 Å². The van der Waals surface area contributed by atoms with Crippen LogP contribution in [0.3, 0.4) is 0 Å². The molecule has 1 aromatic carbocycles. The fourth-order valence-electron chi connectivity index (χ4n) is 1.44. The van der Waals surface area contributed by atoms with Crippen molar-refractivity contribution in [2.45, 2.75) is 0 Å². The Morgan fingerprint density at radius 3 is 2.53 bits per heavy atom. The van der Waals surface area contributed by atoms with E-state index in [2.05, 4.69) is 46.6 Å². The van der Waals surface area contributed by atoms with Gasteiger partial charge in [0.05, 0.1) is 6.61 Å². The number of anilines is 1. The fourth-order valence-corrected chi connectivity index (χ4v) is 1.44. The van der Waals surface area contributed by atoms with Crippen molar-refractivity contribution in [3.63, 3.8) is 0 Å². The van der Waals surface area contributed by atoms with E-state index in [0.29, 0.717) is 0 Å². The molecule has 0 saturated heterocycles. The van der Waals surface area contributed by atoms with Crippen molar-refractivity contribution in [3.05, 3.63) is 35.9 Å². The van der Waals surface area contributed by atoms with Crippen LogP contribution in [0.4, 0.5) is 5.69 Å². The molecule has 0 fully saturated rings. The van der Waals surface area contributed by atoms with Crippen molar-refractivity contribution in [3.8, 4) is 0 Å². The number of nitrogens with one attached hydrogen (secondary N) is 1. The molecule has 1 aromatic rings. The van der Waals surface area contributed by atoms with Gasteiger partial charge >= 0.3 is 0 Å². The molecule has 1 N–H and O–H groups in total. The summed E-state index contributed by atoms with van der Waals surface area (Å²) >= 11 is 0. The molecule has 0 bridgehead atoms. The molecular formula is C14H22N2O. The Morgan fingerprint density at radius 1 is 1.24 bits per heavy atom. The monoisotopic (exact) mass is 234 g/mol. The summed E-state index contributed by atoms with van der Waals surface area (Å²) in [6, 6.07) is 8.50. The van der Waals surface area contributed by atoms with Gasteiger partial charge in [0.25, 0.3) is 0 Å². The molecule has 3 nitrogen and oxygen atoms in total. The zero-order valence-corrected chi connectivity index (χ0v) is 10.9. The summed E-state index contributed by atoms with van der Waals surface area (Å²) in [4.78, 5) is 2.10. The third-order valence-corrected chi connectivity index (χ3v) is 2.46. The van der Waals surface area contributed by atoms with E-state index in [1.807, 2.05) is 14.1 Å². The maximum absolute atomic E-state index is 4.95. The van der Waals surface area contributed by atoms with Crippen LogP contribution in [-0.2, 0) is 4.74 Å². The number of hydrogen-bond donors (Lipinski definition) is 1. The first-order valence-corrected chi connectivity index (χ1v) is 5.87. The average molecular weight is 234 g/mol. The standard InChI is InChI=1S/C14H22N2O/c1-16(2)14-8-6-13(7-9-14)5-4-10-15-11-12-17-3/h4-9,15H,10-12H2,1-3H3. The molecule has 94 valence electrons. The topological polar surface area (TPSA) is 24.5 Å². The van der Waals surface area contributed by atoms with Crippen molar-refractivity contribution in [2.24, 2.45) is 0 Å². The number of ether oxygens (including phenoxy) is 1. The Morgan fingerprint density at radius 2 is 1.94 bits per heavy atom. The van der Waals surface area contributed by atoms with Crippen LogP contribution in [0.25, 0.3) is 6.08 Å². The third-order valence-electron chi connectivity index (χ3n) is 2.46. The van der Waals surface area contributed by atoms with Gasteiger partial charge in [-0.2, -0.15) is 0 Å². The van der Waals surface area contributed by atoms with Crippen LogP contribution in [0.5, 0.6) is 0 Å². The second kappa shape index (κ2) is 7.87. The molecule has 0 aliphatic heterocycles. The number of rotatable bonds is 7. The summed E-state index contributed by atoms with van der Waals surface area (Å²) in [6.07, 6.45) is 4.25. The summed E-state index contributed by atoms with van der Waals surface area (Å²) in [5, 5.41) is 3.27. The van der Waals surface area contributed by atoms with Crippen LogP contribution in [0.1, 0.15) is 5.56 Å². The second-order valence-corrected chi connectivity index (χ2v) is 4.09. The molecular weight excluding hydrogens is 212 g/mol. The minimum absolute atomic E-state index is 0.755. The summed E-state index contributed by atoms with van der Waals surface area (Å²) in [6.45, 7) is 2.52. The molecule has 0 aliphatic rings. The van der Waals surface area contributed by atoms with Crippen molar-refractivity contribution >= 4 is 11.8 Å². The second-order valence-electron chi connectivity index (χ2n) is 4.09. The summed E-state index contributed by atoms with van der Waals surface area (Å²) in [5.74, 6) is 0. The Labute approximate surface area is 104 Å². The van der Waals surface area contributed by atoms with Crippen LogP contribution in [0, 0.1) is 0 Å². The van der Waals surface area contributed by atoms with Gasteiger partial charge in [0.2, 0.25) is 0 Å². The number of benzene rings is 1. The lowest BCUT2D eigenvalue weighted by atomic mass is 10.2. The predicted octanol–water partition coefficient (Wildman–Crippen LogP) is 2.00. The molecule has 0 aromatic heterocycles. The Balaban J connectivity index is 2.33. The lowest BCUT2D eigenvalue weighted by molar-refractivity contribution is 0.200. The summed E-state index contributed by atoms with van der Waals surface area (Å²) < 4.78 is 4.95. The lowest BCUT2D eigenvalue weighted by Crippen LogP contribution is -2.18. The van der Waals surface area contributed by atoms with E-state index in [9.17, 15) is 0 Å². The van der Waals surface area contributed by atoms with Gasteiger partial charge in [0.1, 0.15) is 0 Å². The maximum Gasteiger partial charge on any atom is 0.0587 e. The van der Waals surface area contributed by atoms with Crippen LogP contribution in [0.15, 0.2) is 30.3 Å². The number of hydrogen-bond acceptors (Lipinski definition) is 3. The number of nitrogens with zero attached hydrogens (tertiary/aromatic N) is 1. The third kappa shape index (κ3) is 5.52. The van der Waals surface area contributed by atoms with Gasteiger partial charge in [-0.25, -0.2) is 0 Å². The Kier molecular flexibility index (Phi) is 6.37. The van der Waals surface area contributed by atoms with E-state index in [0.717, 1.165) is 19.7 Å². The van der Waals surface area contributed by atoms with Gasteiger partial charge in [-0.15, -0.1) is 0 Å². The molecule has 0 amide bonds. The van der Waals surface area contributed by atoms with Gasteiger partial charge < -0.3 is 15.0 Å². The van der Waals surface area contributed by atoms with Crippen molar-refractivity contribution in [1.29, 1.82) is 0 Å². The van der Waals surface area contributed by atoms with E-state index < -0.39 is 0 Å². The smallest absolute Gasteiger partial charge is 0.0587 e. The highest BCUT2D eigenvalue weighted by Crippen LogP contribution is 2.12. The van der Waals surface area contributed by atoms with E-state index in [4.69, 9.17) is 4.74 Å². The minimum atomic E-state index is 0.755. The van der Waals surface area contributed by atoms with Gasteiger partial charge in [0.15, 0.2) is 0 Å². The van der Waals surface area contributed by atoms with Crippen molar-refractivity contribution in [1.82, 2.24) is 5.32 Å². The molecule has 3 heteroatoms. The quantitative estimate of drug-likeness (QED) is 0.730. The molecule has 0 saturated carbocycles. The van der Waals surface area contributed by atoms with E-state index >= 15 is 0 Å². The van der Waals surface area contributed by atoms with Crippen molar-refractivity contribution in [2.75, 3.05) is 45.8 Å². The average Bonchev–Trinajstić information content (AvgIpc) is 2.34. The molecule has 0 unspecified atom stereocenters. The predicted molar refractivity (Wildman–Crippen MR) is 74.5 cm³/mol. The van der Waals surface area contributed by atoms with Gasteiger partial charge in [-0.1, -0.05) is 24.3 Å². The number of methoxy groups -OCH3 is 1. The van der Waals surface area contributed by atoms with Crippen LogP contribution in [0.2, 0.25) is 0 Å². The maximum atomic E-state index is 4.95. The first kappa shape index (κ1) is 13.7. The lowest BCUT2D eigenvalue weighted by Gasteiger charge is -2.11. The van der Waals surface area contributed by atoms with Crippen LogP contribution < -0.4 is 10.2 Å². The molecule has 1 rings (SSSR count). The molecule has 17 heavy (non-hydrogen) atoms. The molecule has 0 atom stereocenters. The SMILES string of the molecule is COCCNCC=Cc1ccc(N(C)C)cc1. The first-order chi connectivity index (χ1) is 8.24. The van der Waals surface area contributed by atoms with Crippen molar-refractivity contribution < 1.29 is 4.74 Å². The highest BCUT2D eigenvalue weighted by atomic mass is 16.5. The van der Waals surface area contributed by atoms with Gasteiger partial charge in [-0.3, -0.25) is 0 Å².